The van der Waals surface area contributed by atoms with Crippen molar-refractivity contribution in [1.29, 1.82) is 0 Å². The smallest absolute Gasteiger partial charge is 0.236 e. The molecular formula is C13H28N2O2. The van der Waals surface area contributed by atoms with Crippen LogP contribution in [0.25, 0.3) is 0 Å². The number of nitrogens with zero attached hydrogens (tertiary/aromatic N) is 1. The second kappa shape index (κ2) is 9.42. The van der Waals surface area contributed by atoms with Gasteiger partial charge >= 0.3 is 0 Å². The fourth-order valence-electron chi connectivity index (χ4n) is 1.64. The Kier molecular flexibility index (Phi) is 9.09. The second-order valence-corrected chi connectivity index (χ2v) is 5.26. The maximum absolute atomic E-state index is 12.0. The summed E-state index contributed by atoms with van der Waals surface area (Å²) in [5, 5.41) is 3.10. The average molecular weight is 244 g/mol. The number of carbonyl (C=O) groups is 1. The summed E-state index contributed by atoms with van der Waals surface area (Å²) < 4.78 is 4.93. The molecule has 17 heavy (non-hydrogen) atoms. The van der Waals surface area contributed by atoms with Crippen LogP contribution in [0.4, 0.5) is 0 Å². The monoisotopic (exact) mass is 244 g/mol. The molecule has 0 heterocycles. The van der Waals surface area contributed by atoms with E-state index < -0.39 is 0 Å². The minimum absolute atomic E-state index is 0.184. The van der Waals surface area contributed by atoms with Crippen LogP contribution in [0.15, 0.2) is 0 Å². The van der Waals surface area contributed by atoms with Gasteiger partial charge in [-0.1, -0.05) is 27.7 Å². The lowest BCUT2D eigenvalue weighted by Gasteiger charge is -2.26. The molecule has 0 aliphatic heterocycles. The van der Waals surface area contributed by atoms with Gasteiger partial charge in [0.2, 0.25) is 5.91 Å². The molecular weight excluding hydrogens is 216 g/mol. The molecule has 102 valence electrons. The summed E-state index contributed by atoms with van der Waals surface area (Å²) in [5.41, 5.74) is 0. The molecule has 0 bridgehead atoms. The quantitative estimate of drug-likeness (QED) is 0.623. The van der Waals surface area contributed by atoms with Crippen LogP contribution in [0.3, 0.4) is 0 Å². The molecule has 0 rings (SSSR count). The van der Waals surface area contributed by atoms with E-state index in [1.54, 1.807) is 7.11 Å². The predicted octanol–water partition coefficient (Wildman–Crippen LogP) is 1.36. The van der Waals surface area contributed by atoms with Gasteiger partial charge in [-0.05, 0) is 11.8 Å². The van der Waals surface area contributed by atoms with Crippen molar-refractivity contribution in [2.75, 3.05) is 39.9 Å². The van der Waals surface area contributed by atoms with E-state index in [9.17, 15) is 4.79 Å². The van der Waals surface area contributed by atoms with Crippen LogP contribution in [-0.4, -0.2) is 50.7 Å². The van der Waals surface area contributed by atoms with E-state index in [1.165, 1.54) is 0 Å². The highest BCUT2D eigenvalue weighted by molar-refractivity contribution is 5.78. The first-order valence-corrected chi connectivity index (χ1v) is 6.44. The van der Waals surface area contributed by atoms with E-state index in [2.05, 4.69) is 33.0 Å². The standard InChI is InChI=1S/C13H28N2O2/c1-11(2)9-15(10-12(3)4)13(16)8-14-6-7-17-5/h11-12,14H,6-10H2,1-5H3. The van der Waals surface area contributed by atoms with E-state index in [0.29, 0.717) is 25.0 Å². The highest BCUT2D eigenvalue weighted by Crippen LogP contribution is 2.03. The van der Waals surface area contributed by atoms with Crippen molar-refractivity contribution in [2.24, 2.45) is 11.8 Å². The fraction of sp³-hybridized carbons (Fsp3) is 0.923. The van der Waals surface area contributed by atoms with Gasteiger partial charge < -0.3 is 15.0 Å². The van der Waals surface area contributed by atoms with Gasteiger partial charge in [-0.25, -0.2) is 0 Å². The molecule has 4 nitrogen and oxygen atoms in total. The molecule has 0 aliphatic carbocycles. The molecule has 0 aliphatic rings. The Hall–Kier alpha value is -0.610. The van der Waals surface area contributed by atoms with Crippen LogP contribution in [-0.2, 0) is 9.53 Å². The van der Waals surface area contributed by atoms with Crippen molar-refractivity contribution < 1.29 is 9.53 Å². The normalized spacial score (nSPS) is 11.2. The number of carbonyl (C=O) groups excluding carboxylic acids is 1. The molecule has 0 saturated heterocycles. The van der Waals surface area contributed by atoms with Crippen LogP contribution in [0.2, 0.25) is 0 Å². The lowest BCUT2D eigenvalue weighted by atomic mass is 10.1. The topological polar surface area (TPSA) is 41.6 Å². The van der Waals surface area contributed by atoms with Crippen LogP contribution in [0, 0.1) is 11.8 Å². The number of rotatable bonds is 9. The summed E-state index contributed by atoms with van der Waals surface area (Å²) in [5.74, 6) is 1.21. The molecule has 1 amide bonds. The number of hydrogen-bond acceptors (Lipinski definition) is 3. The van der Waals surface area contributed by atoms with Gasteiger partial charge in [0, 0.05) is 26.7 Å². The number of hydrogen-bond donors (Lipinski definition) is 1. The SMILES string of the molecule is COCCNCC(=O)N(CC(C)C)CC(C)C. The van der Waals surface area contributed by atoms with Crippen LogP contribution < -0.4 is 5.32 Å². The predicted molar refractivity (Wildman–Crippen MR) is 71.0 cm³/mol. The molecule has 1 N–H and O–H groups in total. The Morgan fingerprint density at radius 1 is 1.18 bits per heavy atom. The minimum Gasteiger partial charge on any atom is -0.383 e. The van der Waals surface area contributed by atoms with Crippen molar-refractivity contribution in [3.05, 3.63) is 0 Å². The first kappa shape index (κ1) is 16.4. The van der Waals surface area contributed by atoms with Crippen molar-refractivity contribution in [3.8, 4) is 0 Å². The van der Waals surface area contributed by atoms with Crippen LogP contribution in [0.1, 0.15) is 27.7 Å². The molecule has 0 saturated carbocycles. The lowest BCUT2D eigenvalue weighted by molar-refractivity contribution is -0.131. The van der Waals surface area contributed by atoms with Gasteiger partial charge in [0.05, 0.1) is 13.2 Å². The Morgan fingerprint density at radius 2 is 1.71 bits per heavy atom. The highest BCUT2D eigenvalue weighted by Gasteiger charge is 2.15. The number of methoxy groups -OCH3 is 1. The zero-order valence-electron chi connectivity index (χ0n) is 12.0. The van der Waals surface area contributed by atoms with Crippen molar-refractivity contribution in [2.45, 2.75) is 27.7 Å². The first-order valence-electron chi connectivity index (χ1n) is 6.44. The average Bonchev–Trinajstić information content (AvgIpc) is 2.22. The number of amides is 1. The molecule has 0 spiro atoms. The molecule has 0 aromatic heterocycles. The van der Waals surface area contributed by atoms with Gasteiger partial charge in [0.1, 0.15) is 0 Å². The van der Waals surface area contributed by atoms with Gasteiger partial charge in [-0.3, -0.25) is 4.79 Å². The van der Waals surface area contributed by atoms with Crippen LogP contribution in [0.5, 0.6) is 0 Å². The maximum Gasteiger partial charge on any atom is 0.236 e. The summed E-state index contributed by atoms with van der Waals surface area (Å²) in [6.45, 7) is 12.0. The Balaban J connectivity index is 4.03. The minimum atomic E-state index is 0.184. The highest BCUT2D eigenvalue weighted by atomic mass is 16.5. The summed E-state index contributed by atoms with van der Waals surface area (Å²) in [4.78, 5) is 14.0. The Labute approximate surface area is 106 Å². The third-order valence-electron chi connectivity index (χ3n) is 2.28. The maximum atomic E-state index is 12.0. The molecule has 0 aromatic carbocycles. The second-order valence-electron chi connectivity index (χ2n) is 5.26. The number of ether oxygens (including phenoxy) is 1. The summed E-state index contributed by atoms with van der Waals surface area (Å²) in [7, 11) is 1.66. The lowest BCUT2D eigenvalue weighted by Crippen LogP contribution is -2.42. The largest absolute Gasteiger partial charge is 0.383 e. The summed E-state index contributed by atoms with van der Waals surface area (Å²) in [6, 6.07) is 0. The van der Waals surface area contributed by atoms with E-state index in [1.807, 2.05) is 4.90 Å². The summed E-state index contributed by atoms with van der Waals surface area (Å²) in [6.07, 6.45) is 0. The molecule has 0 fully saturated rings. The first-order chi connectivity index (χ1) is 7.97. The summed E-state index contributed by atoms with van der Waals surface area (Å²) >= 11 is 0. The third-order valence-corrected chi connectivity index (χ3v) is 2.28. The Morgan fingerprint density at radius 3 is 2.12 bits per heavy atom. The van der Waals surface area contributed by atoms with Gasteiger partial charge in [-0.15, -0.1) is 0 Å². The molecule has 0 radical (unpaired) electrons. The zero-order valence-corrected chi connectivity index (χ0v) is 12.0. The van der Waals surface area contributed by atoms with Crippen molar-refractivity contribution in [3.63, 3.8) is 0 Å². The van der Waals surface area contributed by atoms with E-state index in [4.69, 9.17) is 4.74 Å². The third kappa shape index (κ3) is 9.12. The van der Waals surface area contributed by atoms with Gasteiger partial charge in [-0.2, -0.15) is 0 Å². The Bertz CT molecular complexity index is 196. The molecule has 0 aromatic rings. The van der Waals surface area contributed by atoms with Crippen molar-refractivity contribution >= 4 is 5.91 Å². The van der Waals surface area contributed by atoms with Gasteiger partial charge in [0.25, 0.3) is 0 Å². The molecule has 0 atom stereocenters. The van der Waals surface area contributed by atoms with E-state index in [0.717, 1.165) is 19.6 Å². The van der Waals surface area contributed by atoms with E-state index in [-0.39, 0.29) is 5.91 Å². The zero-order chi connectivity index (χ0) is 13.3. The van der Waals surface area contributed by atoms with Gasteiger partial charge in [0.15, 0.2) is 0 Å². The van der Waals surface area contributed by atoms with Crippen LogP contribution >= 0.6 is 0 Å². The molecule has 0 unspecified atom stereocenters. The van der Waals surface area contributed by atoms with E-state index >= 15 is 0 Å². The fourth-order valence-corrected chi connectivity index (χ4v) is 1.64. The molecule has 4 heteroatoms. The number of nitrogens with one attached hydrogen (secondary N) is 1. The van der Waals surface area contributed by atoms with Crippen molar-refractivity contribution in [1.82, 2.24) is 10.2 Å².